The first-order valence-electron chi connectivity index (χ1n) is 13.8. The molecule has 3 amide bonds. The fourth-order valence-corrected chi connectivity index (χ4v) is 6.31. The van der Waals surface area contributed by atoms with Crippen molar-refractivity contribution < 1.29 is 19.1 Å². The van der Waals surface area contributed by atoms with Crippen molar-refractivity contribution in [2.75, 3.05) is 32.8 Å². The summed E-state index contributed by atoms with van der Waals surface area (Å²) in [7, 11) is 0. The molecule has 196 valence electrons. The predicted octanol–water partition coefficient (Wildman–Crippen LogP) is 2.80. The number of amides is 3. The summed E-state index contributed by atoms with van der Waals surface area (Å²) in [4.78, 5) is 43.6. The third-order valence-electron chi connectivity index (χ3n) is 8.56. The summed E-state index contributed by atoms with van der Waals surface area (Å²) in [6, 6.07) is 6.13. The maximum absolute atomic E-state index is 12.9. The van der Waals surface area contributed by atoms with Gasteiger partial charge in [-0.15, -0.1) is 0 Å². The predicted molar refractivity (Wildman–Crippen MR) is 137 cm³/mol. The highest BCUT2D eigenvalue weighted by Crippen LogP contribution is 2.31. The number of nitrogens with zero attached hydrogens (tertiary/aromatic N) is 3. The topological polar surface area (TPSA) is 82.2 Å². The lowest BCUT2D eigenvalue weighted by molar-refractivity contribution is -0.136. The van der Waals surface area contributed by atoms with Gasteiger partial charge < -0.3 is 14.5 Å². The lowest BCUT2D eigenvalue weighted by Crippen LogP contribution is -2.52. The number of nitrogens with one attached hydrogen (secondary N) is 1. The highest BCUT2D eigenvalue weighted by atomic mass is 16.5. The van der Waals surface area contributed by atoms with E-state index in [1.807, 2.05) is 18.2 Å². The van der Waals surface area contributed by atoms with Gasteiger partial charge in [-0.1, -0.05) is 6.42 Å². The first-order valence-corrected chi connectivity index (χ1v) is 13.8. The lowest BCUT2D eigenvalue weighted by atomic mass is 9.93. The Hall–Kier alpha value is -2.45. The van der Waals surface area contributed by atoms with Crippen molar-refractivity contribution in [3.63, 3.8) is 0 Å². The fraction of sp³-hybridized carbons (Fsp3) is 0.679. The number of hydrogen-bond donors (Lipinski definition) is 1. The van der Waals surface area contributed by atoms with Crippen LogP contribution in [0.2, 0.25) is 0 Å². The van der Waals surface area contributed by atoms with Gasteiger partial charge in [-0.05, 0) is 95.3 Å². The second-order valence-corrected chi connectivity index (χ2v) is 11.2. The molecule has 8 nitrogen and oxygen atoms in total. The van der Waals surface area contributed by atoms with E-state index in [1.54, 1.807) is 4.90 Å². The summed E-state index contributed by atoms with van der Waals surface area (Å²) in [6.07, 6.45) is 6.88. The Labute approximate surface area is 214 Å². The Bertz CT molecular complexity index is 988. The van der Waals surface area contributed by atoms with Crippen molar-refractivity contribution in [2.24, 2.45) is 5.92 Å². The van der Waals surface area contributed by atoms with Crippen LogP contribution in [0.15, 0.2) is 18.2 Å². The van der Waals surface area contributed by atoms with Crippen LogP contribution in [0, 0.1) is 5.92 Å². The molecule has 3 saturated heterocycles. The molecule has 0 spiro atoms. The molecule has 1 aromatic carbocycles. The second kappa shape index (κ2) is 10.9. The van der Waals surface area contributed by atoms with Crippen LogP contribution < -0.4 is 10.1 Å². The average molecular weight is 497 g/mol. The zero-order valence-corrected chi connectivity index (χ0v) is 21.7. The van der Waals surface area contributed by atoms with E-state index in [0.717, 1.165) is 30.2 Å². The maximum Gasteiger partial charge on any atom is 0.255 e. The highest BCUT2D eigenvalue weighted by molar-refractivity contribution is 6.05. The van der Waals surface area contributed by atoms with Gasteiger partial charge in [-0.2, -0.15) is 0 Å². The van der Waals surface area contributed by atoms with Crippen LogP contribution in [0.25, 0.3) is 0 Å². The van der Waals surface area contributed by atoms with E-state index in [0.29, 0.717) is 37.2 Å². The van der Waals surface area contributed by atoms with E-state index >= 15 is 0 Å². The molecule has 2 atom stereocenters. The number of fused-ring (bicyclic) bond motifs is 1. The number of hydrogen-bond acceptors (Lipinski definition) is 6. The van der Waals surface area contributed by atoms with Crippen LogP contribution >= 0.6 is 0 Å². The molecule has 0 aromatic heterocycles. The number of piperidine rings is 3. The number of rotatable bonds is 7. The van der Waals surface area contributed by atoms with Crippen LogP contribution in [0.4, 0.5) is 0 Å². The minimum atomic E-state index is -0.588. The molecule has 1 N–H and O–H groups in total. The minimum absolute atomic E-state index is 0.145. The van der Waals surface area contributed by atoms with Crippen LogP contribution in [0.3, 0.4) is 0 Å². The number of carbonyl (C=O) groups is 3. The van der Waals surface area contributed by atoms with Crippen LogP contribution in [0.1, 0.15) is 74.7 Å². The molecule has 3 fully saturated rings. The molecule has 0 radical (unpaired) electrons. The Kier molecular flexibility index (Phi) is 7.62. The molecule has 0 aliphatic carbocycles. The lowest BCUT2D eigenvalue weighted by Gasteiger charge is -2.41. The van der Waals surface area contributed by atoms with E-state index < -0.39 is 6.04 Å². The van der Waals surface area contributed by atoms with Crippen molar-refractivity contribution in [3.05, 3.63) is 29.3 Å². The van der Waals surface area contributed by atoms with Gasteiger partial charge in [0, 0.05) is 37.2 Å². The quantitative estimate of drug-likeness (QED) is 0.585. The van der Waals surface area contributed by atoms with Gasteiger partial charge in [0.2, 0.25) is 11.8 Å². The van der Waals surface area contributed by atoms with Gasteiger partial charge in [0.15, 0.2) is 0 Å². The molecule has 1 aromatic rings. The smallest absolute Gasteiger partial charge is 0.255 e. The Morgan fingerprint density at radius 3 is 2.58 bits per heavy atom. The van der Waals surface area contributed by atoms with Crippen molar-refractivity contribution in [1.29, 1.82) is 0 Å². The monoisotopic (exact) mass is 496 g/mol. The summed E-state index contributed by atoms with van der Waals surface area (Å²) in [6.45, 7) is 10.4. The third kappa shape index (κ3) is 5.44. The molecule has 8 heteroatoms. The van der Waals surface area contributed by atoms with Crippen molar-refractivity contribution >= 4 is 17.7 Å². The molecular weight excluding hydrogens is 456 g/mol. The number of carbonyl (C=O) groups excluding carboxylic acids is 3. The van der Waals surface area contributed by atoms with E-state index in [4.69, 9.17) is 4.74 Å². The number of ether oxygens (including phenoxy) is 1. The molecule has 0 bridgehead atoms. The second-order valence-electron chi connectivity index (χ2n) is 11.2. The maximum atomic E-state index is 12.9. The Balaban J connectivity index is 1.17. The van der Waals surface area contributed by atoms with Gasteiger partial charge in [0.1, 0.15) is 18.4 Å². The molecule has 0 saturated carbocycles. The first-order chi connectivity index (χ1) is 17.4. The number of benzene rings is 1. The fourth-order valence-electron chi connectivity index (χ4n) is 6.31. The Morgan fingerprint density at radius 2 is 1.83 bits per heavy atom. The zero-order valence-electron chi connectivity index (χ0n) is 21.7. The van der Waals surface area contributed by atoms with Gasteiger partial charge in [0.25, 0.3) is 5.91 Å². The SMILES string of the molecule is CC(C)N1CCC(CN2CCCC[C@H]2COc2ccc3c(c2)CN(C2CCC(=O)NC2=O)C3=O)CC1. The van der Waals surface area contributed by atoms with E-state index in [9.17, 15) is 14.4 Å². The van der Waals surface area contributed by atoms with Crippen molar-refractivity contribution in [2.45, 2.75) is 83.5 Å². The molecular formula is C28H40N4O4. The first kappa shape index (κ1) is 25.2. The van der Waals surface area contributed by atoms with Gasteiger partial charge in [0.05, 0.1) is 0 Å². The summed E-state index contributed by atoms with van der Waals surface area (Å²) in [5.41, 5.74) is 1.51. The molecule has 36 heavy (non-hydrogen) atoms. The largest absolute Gasteiger partial charge is 0.492 e. The summed E-state index contributed by atoms with van der Waals surface area (Å²) < 4.78 is 6.29. The molecule has 4 aliphatic rings. The van der Waals surface area contributed by atoms with Crippen molar-refractivity contribution in [3.8, 4) is 5.75 Å². The Morgan fingerprint density at radius 1 is 1.03 bits per heavy atom. The number of imide groups is 1. The highest BCUT2D eigenvalue weighted by Gasteiger charge is 2.39. The van der Waals surface area contributed by atoms with Gasteiger partial charge in [-0.25, -0.2) is 0 Å². The molecule has 4 aliphatic heterocycles. The standard InChI is InChI=1S/C28H40N4O4/c1-19(2)30-13-10-20(11-14-30)16-31-12-4-3-5-22(31)18-36-23-6-7-24-21(15-23)17-32(28(24)35)25-8-9-26(33)29-27(25)34/h6-7,15,19-20,22,25H,3-5,8-14,16-18H2,1-2H3,(H,29,33,34)/t22-,25?/m0/s1. The summed E-state index contributed by atoms with van der Waals surface area (Å²) >= 11 is 0. The van der Waals surface area contributed by atoms with Crippen LogP contribution in [-0.2, 0) is 16.1 Å². The van der Waals surface area contributed by atoms with Gasteiger partial charge >= 0.3 is 0 Å². The van der Waals surface area contributed by atoms with Gasteiger partial charge in [-0.3, -0.25) is 24.6 Å². The molecule has 1 unspecified atom stereocenters. The van der Waals surface area contributed by atoms with E-state index in [2.05, 4.69) is 29.0 Å². The zero-order chi connectivity index (χ0) is 25.2. The van der Waals surface area contributed by atoms with E-state index in [1.165, 1.54) is 45.3 Å². The van der Waals surface area contributed by atoms with Crippen molar-refractivity contribution in [1.82, 2.24) is 20.0 Å². The molecule has 4 heterocycles. The average Bonchev–Trinajstić information content (AvgIpc) is 3.19. The molecule has 5 rings (SSSR count). The van der Waals surface area contributed by atoms with E-state index in [-0.39, 0.29) is 24.1 Å². The summed E-state index contributed by atoms with van der Waals surface area (Å²) in [5.74, 6) is 0.755. The normalized spacial score (nSPS) is 26.4. The third-order valence-corrected chi connectivity index (χ3v) is 8.56. The minimum Gasteiger partial charge on any atom is -0.492 e. The van der Waals surface area contributed by atoms with Crippen LogP contribution in [0.5, 0.6) is 5.75 Å². The number of likely N-dealkylation sites (tertiary alicyclic amines) is 2. The van der Waals surface area contributed by atoms with Crippen LogP contribution in [-0.4, -0.2) is 83.3 Å². The summed E-state index contributed by atoms with van der Waals surface area (Å²) in [5, 5.41) is 2.36.